The van der Waals surface area contributed by atoms with E-state index in [9.17, 15) is 19.8 Å². The fourth-order valence-electron chi connectivity index (χ4n) is 3.71. The molecule has 0 unspecified atom stereocenters. The molecule has 2 aromatic heterocycles. The summed E-state index contributed by atoms with van der Waals surface area (Å²) in [4.78, 5) is 37.2. The van der Waals surface area contributed by atoms with Gasteiger partial charge in [-0.1, -0.05) is 0 Å². The lowest BCUT2D eigenvalue weighted by atomic mass is 9.85. The number of hydrogen-bond acceptors (Lipinski definition) is 8. The summed E-state index contributed by atoms with van der Waals surface area (Å²) in [6.45, 7) is 0. The molecule has 4 N–H and O–H groups in total. The minimum absolute atomic E-state index is 0.0609. The Morgan fingerprint density at radius 3 is 2.62 bits per heavy atom. The Balaban J connectivity index is 1.69. The van der Waals surface area contributed by atoms with E-state index in [1.807, 2.05) is 19.0 Å². The fraction of sp³-hybridized carbons (Fsp3) is 0.611. The van der Waals surface area contributed by atoms with Gasteiger partial charge < -0.3 is 30.1 Å². The molecule has 2 aromatic rings. The molecular formula is C18H26N6O5. The summed E-state index contributed by atoms with van der Waals surface area (Å²) >= 11 is 0. The Hall–Kier alpha value is -2.79. The number of anilines is 1. The molecule has 11 heteroatoms. The quantitative estimate of drug-likeness (QED) is 0.485. The average molecular weight is 406 g/mol. The highest BCUT2D eigenvalue weighted by Crippen LogP contribution is 2.32. The zero-order valence-corrected chi connectivity index (χ0v) is 16.4. The van der Waals surface area contributed by atoms with Crippen molar-refractivity contribution in [2.75, 3.05) is 19.0 Å². The maximum Gasteiger partial charge on any atom is 0.303 e. The first-order valence-electron chi connectivity index (χ1n) is 9.51. The molecule has 1 aliphatic rings. The number of nitrogens with one attached hydrogen (secondary N) is 1. The van der Waals surface area contributed by atoms with Crippen molar-refractivity contribution >= 4 is 28.9 Å². The van der Waals surface area contributed by atoms with Crippen LogP contribution in [0.25, 0.3) is 11.2 Å². The summed E-state index contributed by atoms with van der Waals surface area (Å²) in [5, 5.41) is 32.6. The molecule has 0 aromatic carbocycles. The highest BCUT2D eigenvalue weighted by Gasteiger charge is 2.39. The van der Waals surface area contributed by atoms with Gasteiger partial charge in [0.05, 0.1) is 18.4 Å². The first kappa shape index (κ1) is 20.9. The van der Waals surface area contributed by atoms with Crippen molar-refractivity contribution < 1.29 is 24.9 Å². The van der Waals surface area contributed by atoms with Gasteiger partial charge in [0, 0.05) is 26.9 Å². The van der Waals surface area contributed by atoms with E-state index in [4.69, 9.17) is 5.11 Å². The smallest absolute Gasteiger partial charge is 0.303 e. The molecule has 4 atom stereocenters. The highest BCUT2D eigenvalue weighted by molar-refractivity contribution is 5.83. The standard InChI is InChI=1S/C18H26N6O5/c1-23(2)17-14-18(20-8-19-17)24(9-21-14)11-7-6-10(15(28)16(11)29)22-12(25)4-3-5-13(26)27/h8-11,15-16,28-29H,3-7H2,1-2H3,(H,22,25)(H,26,27)/t10-,11-,15-,16-/m1/s1. The van der Waals surface area contributed by atoms with Crippen molar-refractivity contribution in [3.8, 4) is 0 Å². The summed E-state index contributed by atoms with van der Waals surface area (Å²) in [5.74, 6) is -0.633. The lowest BCUT2D eigenvalue weighted by molar-refractivity contribution is -0.137. The van der Waals surface area contributed by atoms with Crippen molar-refractivity contribution in [1.29, 1.82) is 0 Å². The number of carbonyl (C=O) groups is 2. The van der Waals surface area contributed by atoms with Gasteiger partial charge in [0.2, 0.25) is 5.91 Å². The number of aliphatic hydroxyl groups is 2. The van der Waals surface area contributed by atoms with Crippen molar-refractivity contribution in [3.63, 3.8) is 0 Å². The number of imidazole rings is 1. The molecular weight excluding hydrogens is 380 g/mol. The normalized spacial score (nSPS) is 24.4. The Morgan fingerprint density at radius 1 is 1.17 bits per heavy atom. The van der Waals surface area contributed by atoms with Crippen LogP contribution in [0.15, 0.2) is 12.7 Å². The van der Waals surface area contributed by atoms with Gasteiger partial charge in [0.25, 0.3) is 0 Å². The largest absolute Gasteiger partial charge is 0.481 e. The van der Waals surface area contributed by atoms with Crippen LogP contribution in [-0.2, 0) is 9.59 Å². The lowest BCUT2D eigenvalue weighted by Crippen LogP contribution is -2.54. The van der Waals surface area contributed by atoms with Crippen molar-refractivity contribution in [2.24, 2.45) is 0 Å². The van der Waals surface area contributed by atoms with Gasteiger partial charge in [-0.3, -0.25) is 9.59 Å². The van der Waals surface area contributed by atoms with Crippen molar-refractivity contribution in [2.45, 2.75) is 56.4 Å². The highest BCUT2D eigenvalue weighted by atomic mass is 16.4. The van der Waals surface area contributed by atoms with Gasteiger partial charge in [-0.05, 0) is 19.3 Å². The first-order valence-corrected chi connectivity index (χ1v) is 9.51. The number of amides is 1. The van der Waals surface area contributed by atoms with E-state index < -0.39 is 30.3 Å². The number of hydrogen-bond donors (Lipinski definition) is 4. The molecule has 158 valence electrons. The summed E-state index contributed by atoms with van der Waals surface area (Å²) in [7, 11) is 3.70. The van der Waals surface area contributed by atoms with Crippen LogP contribution in [0.1, 0.15) is 38.1 Å². The molecule has 1 amide bonds. The van der Waals surface area contributed by atoms with E-state index in [0.717, 1.165) is 0 Å². The number of rotatable bonds is 7. The second-order valence-electron chi connectivity index (χ2n) is 7.46. The number of aliphatic hydroxyl groups excluding tert-OH is 2. The number of nitrogens with zero attached hydrogens (tertiary/aromatic N) is 5. The third-order valence-electron chi connectivity index (χ3n) is 5.19. The van der Waals surface area contributed by atoms with E-state index in [2.05, 4.69) is 20.3 Å². The van der Waals surface area contributed by atoms with Crippen LogP contribution in [0.5, 0.6) is 0 Å². The summed E-state index contributed by atoms with van der Waals surface area (Å²) < 4.78 is 1.74. The average Bonchev–Trinajstić information content (AvgIpc) is 3.09. The van der Waals surface area contributed by atoms with Crippen LogP contribution >= 0.6 is 0 Å². The van der Waals surface area contributed by atoms with Gasteiger partial charge >= 0.3 is 5.97 Å². The maximum absolute atomic E-state index is 12.0. The molecule has 0 saturated heterocycles. The Kier molecular flexibility index (Phi) is 6.28. The van der Waals surface area contributed by atoms with E-state index in [0.29, 0.717) is 29.8 Å². The number of carbonyl (C=O) groups excluding carboxylic acids is 1. The van der Waals surface area contributed by atoms with E-state index >= 15 is 0 Å². The van der Waals surface area contributed by atoms with E-state index in [1.165, 1.54) is 6.33 Å². The maximum atomic E-state index is 12.0. The third kappa shape index (κ3) is 4.46. The van der Waals surface area contributed by atoms with Crippen LogP contribution in [-0.4, -0.2) is 79.1 Å². The van der Waals surface area contributed by atoms with Gasteiger partial charge in [-0.15, -0.1) is 0 Å². The van der Waals surface area contributed by atoms with Gasteiger partial charge in [-0.2, -0.15) is 0 Å². The minimum atomic E-state index is -1.16. The molecule has 0 radical (unpaired) electrons. The summed E-state index contributed by atoms with van der Waals surface area (Å²) in [6, 6.07) is -1.04. The molecule has 1 aliphatic carbocycles. The number of carboxylic acid groups (broad SMARTS) is 1. The van der Waals surface area contributed by atoms with Gasteiger partial charge in [0.15, 0.2) is 17.0 Å². The molecule has 0 aliphatic heterocycles. The van der Waals surface area contributed by atoms with Gasteiger partial charge in [0.1, 0.15) is 18.5 Å². The van der Waals surface area contributed by atoms with E-state index in [1.54, 1.807) is 10.9 Å². The first-order chi connectivity index (χ1) is 13.8. The molecule has 1 fully saturated rings. The second kappa shape index (κ2) is 8.70. The molecule has 0 bridgehead atoms. The summed E-state index contributed by atoms with van der Waals surface area (Å²) in [5.41, 5.74) is 1.17. The molecule has 29 heavy (non-hydrogen) atoms. The lowest BCUT2D eigenvalue weighted by Gasteiger charge is -2.38. The monoisotopic (exact) mass is 406 g/mol. The minimum Gasteiger partial charge on any atom is -0.481 e. The van der Waals surface area contributed by atoms with Gasteiger partial charge in [-0.25, -0.2) is 15.0 Å². The number of aromatic nitrogens is 4. The predicted octanol–water partition coefficient (Wildman–Crippen LogP) is -0.311. The Labute approximate surface area is 167 Å². The van der Waals surface area contributed by atoms with Crippen LogP contribution in [0.3, 0.4) is 0 Å². The molecule has 11 nitrogen and oxygen atoms in total. The molecule has 1 saturated carbocycles. The third-order valence-corrected chi connectivity index (χ3v) is 5.19. The number of fused-ring (bicyclic) bond motifs is 1. The summed E-state index contributed by atoms with van der Waals surface area (Å²) in [6.07, 6.45) is 1.89. The zero-order chi connectivity index (χ0) is 21.1. The zero-order valence-electron chi connectivity index (χ0n) is 16.4. The van der Waals surface area contributed by atoms with E-state index in [-0.39, 0.29) is 25.2 Å². The van der Waals surface area contributed by atoms with Crippen LogP contribution in [0.4, 0.5) is 5.82 Å². The predicted molar refractivity (Wildman–Crippen MR) is 103 cm³/mol. The number of carboxylic acids is 1. The Morgan fingerprint density at radius 2 is 1.93 bits per heavy atom. The number of aliphatic carboxylic acids is 1. The second-order valence-corrected chi connectivity index (χ2v) is 7.46. The SMILES string of the molecule is CN(C)c1ncnc2c1ncn2[C@@H]1CC[C@@H](NC(=O)CCCC(=O)O)[C@@H](O)[C@@H]1O. The van der Waals surface area contributed by atoms with Crippen LogP contribution in [0.2, 0.25) is 0 Å². The molecule has 2 heterocycles. The van der Waals surface area contributed by atoms with Crippen LogP contribution < -0.4 is 10.2 Å². The molecule has 0 spiro atoms. The topological polar surface area (TPSA) is 154 Å². The molecule has 3 rings (SSSR count). The fourth-order valence-corrected chi connectivity index (χ4v) is 3.71. The van der Waals surface area contributed by atoms with Crippen molar-refractivity contribution in [1.82, 2.24) is 24.8 Å². The Bertz CT molecular complexity index is 885. The van der Waals surface area contributed by atoms with Crippen LogP contribution in [0, 0.1) is 0 Å². The van der Waals surface area contributed by atoms with Crippen molar-refractivity contribution in [3.05, 3.63) is 12.7 Å².